The first-order valence-electron chi connectivity index (χ1n) is 10.8. The van der Waals surface area contributed by atoms with Gasteiger partial charge in [0.25, 0.3) is 0 Å². The lowest BCUT2D eigenvalue weighted by Gasteiger charge is -2.46. The Morgan fingerprint density at radius 1 is 0.861 bits per heavy atom. The van der Waals surface area contributed by atoms with E-state index < -0.39 is 36.6 Å². The molecule has 0 spiro atoms. The second-order valence-electron chi connectivity index (χ2n) is 8.50. The minimum atomic E-state index is -4.90. The molecule has 1 N–H and O–H groups in total. The van der Waals surface area contributed by atoms with Crippen LogP contribution in [0.25, 0.3) is 0 Å². The number of benzene rings is 3. The summed E-state index contributed by atoms with van der Waals surface area (Å²) in [7, 11) is 0. The molecule has 3 aromatic carbocycles. The van der Waals surface area contributed by atoms with Gasteiger partial charge in [-0.1, -0.05) is 47.5 Å². The second kappa shape index (κ2) is 10.0. The fraction of sp³-hybridized carbons (Fsp3) is 0.280. The number of aliphatic hydroxyl groups is 1. The summed E-state index contributed by atoms with van der Waals surface area (Å²) in [5, 5.41) is 10.7. The third-order valence-corrected chi connectivity index (χ3v) is 6.38. The molecule has 0 amide bonds. The highest BCUT2D eigenvalue weighted by Gasteiger charge is 2.42. The minimum absolute atomic E-state index is 0.0486. The maximum absolute atomic E-state index is 13.4. The first kappa shape index (κ1) is 26.4. The molecule has 2 atom stereocenters. The number of hydrogen-bond acceptors (Lipinski definition) is 3. The minimum Gasteiger partial charge on any atom is -0.382 e. The van der Waals surface area contributed by atoms with Crippen molar-refractivity contribution >= 4 is 34.6 Å². The molecule has 1 aliphatic heterocycles. The van der Waals surface area contributed by atoms with Crippen LogP contribution < -0.4 is 9.80 Å². The third-order valence-electron chi connectivity index (χ3n) is 5.94. The molecule has 11 heteroatoms. The molecule has 0 aromatic heterocycles. The summed E-state index contributed by atoms with van der Waals surface area (Å²) in [6.45, 7) is -0.548. The Morgan fingerprint density at radius 2 is 1.50 bits per heavy atom. The van der Waals surface area contributed by atoms with E-state index in [-0.39, 0.29) is 18.7 Å². The number of aliphatic hydroxyl groups excluding tert-OH is 1. The molecule has 0 saturated carbocycles. The van der Waals surface area contributed by atoms with E-state index in [1.165, 1.54) is 17.0 Å². The van der Waals surface area contributed by atoms with E-state index in [9.17, 15) is 31.4 Å². The van der Waals surface area contributed by atoms with Gasteiger partial charge < -0.3 is 14.9 Å². The zero-order valence-corrected chi connectivity index (χ0v) is 20.0. The molecule has 0 saturated heterocycles. The molecule has 3 aromatic rings. The molecule has 0 fully saturated rings. The van der Waals surface area contributed by atoms with Crippen LogP contribution in [0.3, 0.4) is 0 Å². The zero-order chi connectivity index (χ0) is 26.3. The van der Waals surface area contributed by atoms with Crippen LogP contribution in [-0.2, 0) is 12.7 Å². The van der Waals surface area contributed by atoms with Gasteiger partial charge in [0.2, 0.25) is 0 Å². The summed E-state index contributed by atoms with van der Waals surface area (Å²) in [5.74, 6) is 0. The van der Waals surface area contributed by atoms with Crippen molar-refractivity contribution in [3.05, 3.63) is 93.5 Å². The van der Waals surface area contributed by atoms with Crippen molar-refractivity contribution in [1.29, 1.82) is 0 Å². The Balaban J connectivity index is 1.81. The molecular weight excluding hydrogens is 529 g/mol. The molecule has 192 valence electrons. The summed E-state index contributed by atoms with van der Waals surface area (Å²) >= 11 is 12.2. The van der Waals surface area contributed by atoms with Crippen molar-refractivity contribution in [1.82, 2.24) is 0 Å². The number of rotatable bonds is 5. The highest BCUT2D eigenvalue weighted by atomic mass is 35.5. The van der Waals surface area contributed by atoms with Crippen LogP contribution in [0.2, 0.25) is 10.0 Å². The Kier molecular flexibility index (Phi) is 7.37. The van der Waals surface area contributed by atoms with Crippen LogP contribution >= 0.6 is 23.2 Å². The maximum atomic E-state index is 13.4. The first-order chi connectivity index (χ1) is 16.8. The predicted molar refractivity (Wildman–Crippen MR) is 128 cm³/mol. The summed E-state index contributed by atoms with van der Waals surface area (Å²) < 4.78 is 80.2. The lowest BCUT2D eigenvalue weighted by molar-refractivity contribution is -0.200. The Morgan fingerprint density at radius 3 is 2.11 bits per heavy atom. The number of anilines is 2. The van der Waals surface area contributed by atoms with Gasteiger partial charge in [0, 0.05) is 23.1 Å². The number of halogens is 8. The number of nitrogens with zero attached hydrogens (tertiary/aromatic N) is 2. The molecule has 36 heavy (non-hydrogen) atoms. The maximum Gasteiger partial charge on any atom is 0.416 e. The van der Waals surface area contributed by atoms with Gasteiger partial charge in [-0.3, -0.25) is 0 Å². The van der Waals surface area contributed by atoms with Gasteiger partial charge in [-0.15, -0.1) is 0 Å². The van der Waals surface area contributed by atoms with E-state index in [2.05, 4.69) is 0 Å². The Labute approximate surface area is 213 Å². The molecule has 1 heterocycles. The van der Waals surface area contributed by atoms with Crippen LogP contribution in [0.1, 0.15) is 22.7 Å². The summed E-state index contributed by atoms with van der Waals surface area (Å²) in [4.78, 5) is 3.16. The van der Waals surface area contributed by atoms with Crippen LogP contribution in [0.5, 0.6) is 0 Å². The van der Waals surface area contributed by atoms with E-state index in [0.29, 0.717) is 27.0 Å². The highest BCUT2D eigenvalue weighted by Crippen LogP contribution is 2.43. The standard InChI is InChI=1S/C25H20Cl2F6N2O/c26-18-8-15(9-19(27)11-18)12-34-13-22(16-4-3-5-17(10-16)24(28,29)30)35(14-23(36)25(31,32)33)21-7-2-1-6-20(21)34/h1-11,22-23,36H,12-14H2. The number of para-hydroxylation sites is 2. The third kappa shape index (κ3) is 5.85. The van der Waals surface area contributed by atoms with Crippen LogP contribution in [0, 0.1) is 0 Å². The van der Waals surface area contributed by atoms with Crippen molar-refractivity contribution in [3.63, 3.8) is 0 Å². The van der Waals surface area contributed by atoms with Crippen molar-refractivity contribution in [2.45, 2.75) is 31.0 Å². The van der Waals surface area contributed by atoms with E-state index >= 15 is 0 Å². The second-order valence-corrected chi connectivity index (χ2v) is 9.37. The molecule has 4 rings (SSSR count). The molecule has 3 nitrogen and oxygen atoms in total. The van der Waals surface area contributed by atoms with Crippen molar-refractivity contribution < 1.29 is 31.4 Å². The fourth-order valence-corrected chi connectivity index (χ4v) is 4.91. The molecule has 0 radical (unpaired) electrons. The normalized spacial score (nSPS) is 17.2. The van der Waals surface area contributed by atoms with Gasteiger partial charge in [0.1, 0.15) is 0 Å². The topological polar surface area (TPSA) is 26.7 Å². The Hall–Kier alpha value is -2.62. The van der Waals surface area contributed by atoms with E-state index in [0.717, 1.165) is 12.1 Å². The largest absolute Gasteiger partial charge is 0.416 e. The number of hydrogen-bond donors (Lipinski definition) is 1. The quantitative estimate of drug-likeness (QED) is 0.334. The lowest BCUT2D eigenvalue weighted by Crippen LogP contribution is -2.49. The van der Waals surface area contributed by atoms with Gasteiger partial charge in [0.15, 0.2) is 6.10 Å². The van der Waals surface area contributed by atoms with Crippen LogP contribution in [0.15, 0.2) is 66.7 Å². The summed E-state index contributed by atoms with van der Waals surface area (Å²) in [6.07, 6.45) is -12.2. The number of β-amino-alcohol motifs (C(OH)–C–C–N with tert-alkyl or cyclic N) is 1. The molecule has 1 aliphatic rings. The van der Waals surface area contributed by atoms with E-state index in [4.69, 9.17) is 23.2 Å². The van der Waals surface area contributed by atoms with Crippen molar-refractivity contribution in [3.8, 4) is 0 Å². The summed E-state index contributed by atoms with van der Waals surface area (Å²) in [6, 6.07) is 15.1. The first-order valence-corrected chi connectivity index (χ1v) is 11.6. The van der Waals surface area contributed by atoms with E-state index in [1.807, 2.05) is 4.90 Å². The number of fused-ring (bicyclic) bond motifs is 1. The number of alkyl halides is 6. The molecule has 0 bridgehead atoms. The molecule has 0 aliphatic carbocycles. The zero-order valence-electron chi connectivity index (χ0n) is 18.5. The van der Waals surface area contributed by atoms with Crippen molar-refractivity contribution in [2.24, 2.45) is 0 Å². The van der Waals surface area contributed by atoms with Gasteiger partial charge in [-0.25, -0.2) is 0 Å². The van der Waals surface area contributed by atoms with Crippen LogP contribution in [0.4, 0.5) is 37.7 Å². The average molecular weight is 549 g/mol. The van der Waals surface area contributed by atoms with Gasteiger partial charge in [-0.05, 0) is 53.6 Å². The van der Waals surface area contributed by atoms with Crippen molar-refractivity contribution in [2.75, 3.05) is 22.9 Å². The fourth-order valence-electron chi connectivity index (χ4n) is 4.34. The molecular formula is C25H20Cl2F6N2O. The smallest absolute Gasteiger partial charge is 0.382 e. The monoisotopic (exact) mass is 548 g/mol. The van der Waals surface area contributed by atoms with Crippen LogP contribution in [-0.4, -0.2) is 30.5 Å². The van der Waals surface area contributed by atoms with Gasteiger partial charge in [0.05, 0.1) is 29.5 Å². The predicted octanol–water partition coefficient (Wildman–Crippen LogP) is 7.50. The molecule has 2 unspecified atom stereocenters. The van der Waals surface area contributed by atoms with Gasteiger partial charge >= 0.3 is 12.4 Å². The average Bonchev–Trinajstić information content (AvgIpc) is 2.78. The highest BCUT2D eigenvalue weighted by molar-refractivity contribution is 6.34. The van der Waals surface area contributed by atoms with Gasteiger partial charge in [-0.2, -0.15) is 26.3 Å². The Bertz CT molecular complexity index is 1210. The SMILES string of the molecule is OC(CN1c2ccccc2N(Cc2cc(Cl)cc(Cl)c2)CC1c1cccc(C(F)(F)F)c1)C(F)(F)F. The lowest BCUT2D eigenvalue weighted by atomic mass is 9.96. The van der Waals surface area contributed by atoms with E-state index in [1.54, 1.807) is 42.5 Å². The summed E-state index contributed by atoms with van der Waals surface area (Å²) in [5.41, 5.74) is 0.883.